The van der Waals surface area contributed by atoms with Crippen LogP contribution in [0.4, 0.5) is 19.0 Å². The first kappa shape index (κ1) is 16.0. The van der Waals surface area contributed by atoms with Gasteiger partial charge >= 0.3 is 6.18 Å². The highest BCUT2D eigenvalue weighted by Gasteiger charge is 2.32. The summed E-state index contributed by atoms with van der Waals surface area (Å²) in [6.45, 7) is 1.88. The summed E-state index contributed by atoms with van der Waals surface area (Å²) in [5.41, 5.74) is 0.113. The molecule has 0 aliphatic heterocycles. The summed E-state index contributed by atoms with van der Waals surface area (Å²) in [5.74, 6) is -0.104. The molecule has 1 aromatic heterocycles. The number of amides is 1. The van der Waals surface area contributed by atoms with E-state index in [1.165, 1.54) is 18.3 Å². The van der Waals surface area contributed by atoms with E-state index in [1.54, 1.807) is 25.1 Å². The Morgan fingerprint density at radius 3 is 2.45 bits per heavy atom. The maximum absolute atomic E-state index is 12.4. The van der Waals surface area contributed by atoms with E-state index < -0.39 is 18.6 Å². The minimum atomic E-state index is -4.45. The van der Waals surface area contributed by atoms with Crippen LogP contribution in [0.2, 0.25) is 0 Å². The molecular formula is C13H16F3N3O. The second-order valence-corrected chi connectivity index (χ2v) is 4.39. The van der Waals surface area contributed by atoms with Crippen molar-refractivity contribution in [2.75, 3.05) is 32.1 Å². The highest BCUT2D eigenvalue weighted by atomic mass is 19.4. The smallest absolute Gasteiger partial charge is 0.363 e. The van der Waals surface area contributed by atoms with Crippen LogP contribution in [0.1, 0.15) is 10.4 Å². The van der Waals surface area contributed by atoms with Gasteiger partial charge in [-0.2, -0.15) is 13.2 Å². The zero-order valence-corrected chi connectivity index (χ0v) is 11.3. The predicted molar refractivity (Wildman–Crippen MR) is 70.7 cm³/mol. The number of carbonyl (C=O) groups is 1. The van der Waals surface area contributed by atoms with E-state index in [9.17, 15) is 18.0 Å². The second kappa shape index (κ2) is 6.40. The van der Waals surface area contributed by atoms with Crippen LogP contribution in [0, 0.1) is 0 Å². The van der Waals surface area contributed by atoms with Crippen molar-refractivity contribution in [2.24, 2.45) is 0 Å². The molecule has 1 heterocycles. The molecule has 7 heteroatoms. The monoisotopic (exact) mass is 287 g/mol. The molecule has 1 aromatic rings. The largest absolute Gasteiger partial charge is 0.406 e. The van der Waals surface area contributed by atoms with Crippen molar-refractivity contribution in [1.82, 2.24) is 9.88 Å². The minimum Gasteiger partial charge on any atom is -0.363 e. The SMILES string of the molecule is C=CCN(CC(F)(F)F)C(=O)c1ccc(N(C)C)nc1. The summed E-state index contributed by atoms with van der Waals surface area (Å²) in [4.78, 5) is 18.4. The Kier molecular flexibility index (Phi) is 5.12. The Bertz CT molecular complexity index is 469. The summed E-state index contributed by atoms with van der Waals surface area (Å²) >= 11 is 0. The van der Waals surface area contributed by atoms with Crippen LogP contribution in [0.25, 0.3) is 0 Å². The summed E-state index contributed by atoms with van der Waals surface area (Å²) in [6, 6.07) is 3.03. The maximum Gasteiger partial charge on any atom is 0.406 e. The van der Waals surface area contributed by atoms with E-state index in [-0.39, 0.29) is 12.1 Å². The second-order valence-electron chi connectivity index (χ2n) is 4.39. The van der Waals surface area contributed by atoms with E-state index in [4.69, 9.17) is 0 Å². The number of anilines is 1. The molecule has 20 heavy (non-hydrogen) atoms. The first-order chi connectivity index (χ1) is 9.24. The van der Waals surface area contributed by atoms with Crippen molar-refractivity contribution in [3.63, 3.8) is 0 Å². The Morgan fingerprint density at radius 1 is 1.40 bits per heavy atom. The van der Waals surface area contributed by atoms with Gasteiger partial charge < -0.3 is 9.80 Å². The van der Waals surface area contributed by atoms with Crippen LogP contribution in [0.5, 0.6) is 0 Å². The molecule has 0 saturated carbocycles. The highest BCUT2D eigenvalue weighted by Crippen LogP contribution is 2.18. The third kappa shape index (κ3) is 4.56. The molecule has 0 N–H and O–H groups in total. The van der Waals surface area contributed by atoms with Gasteiger partial charge in [0, 0.05) is 26.8 Å². The van der Waals surface area contributed by atoms with Crippen LogP contribution in [-0.4, -0.2) is 49.2 Å². The van der Waals surface area contributed by atoms with Crippen molar-refractivity contribution >= 4 is 11.7 Å². The molecule has 0 unspecified atom stereocenters. The number of nitrogens with zero attached hydrogens (tertiary/aromatic N) is 3. The quantitative estimate of drug-likeness (QED) is 0.780. The average Bonchev–Trinajstić information content (AvgIpc) is 2.36. The van der Waals surface area contributed by atoms with Gasteiger partial charge in [-0.05, 0) is 12.1 Å². The lowest BCUT2D eigenvalue weighted by Crippen LogP contribution is -2.39. The van der Waals surface area contributed by atoms with E-state index in [2.05, 4.69) is 11.6 Å². The number of rotatable bonds is 5. The van der Waals surface area contributed by atoms with Crippen LogP contribution < -0.4 is 4.90 Å². The van der Waals surface area contributed by atoms with E-state index in [0.29, 0.717) is 10.7 Å². The van der Waals surface area contributed by atoms with E-state index in [0.717, 1.165) is 0 Å². The summed E-state index contributed by atoms with van der Waals surface area (Å²) in [5, 5.41) is 0. The molecule has 0 atom stereocenters. The van der Waals surface area contributed by atoms with Gasteiger partial charge in [-0.25, -0.2) is 4.98 Å². The van der Waals surface area contributed by atoms with Gasteiger partial charge in [0.05, 0.1) is 5.56 Å². The highest BCUT2D eigenvalue weighted by molar-refractivity contribution is 5.94. The fourth-order valence-electron chi connectivity index (χ4n) is 1.55. The standard InChI is InChI=1S/C13H16F3N3O/c1-4-7-19(9-13(14,15)16)12(20)10-5-6-11(17-8-10)18(2)3/h4-6,8H,1,7,9H2,2-3H3. The topological polar surface area (TPSA) is 36.4 Å². The molecule has 0 saturated heterocycles. The fraction of sp³-hybridized carbons (Fsp3) is 0.385. The van der Waals surface area contributed by atoms with Crippen LogP contribution in [-0.2, 0) is 0 Å². The van der Waals surface area contributed by atoms with Crippen LogP contribution in [0.15, 0.2) is 31.0 Å². The Morgan fingerprint density at radius 2 is 2.05 bits per heavy atom. The normalized spacial score (nSPS) is 11.1. The van der Waals surface area contributed by atoms with Gasteiger partial charge in [-0.3, -0.25) is 4.79 Å². The molecule has 0 fully saturated rings. The number of hydrogen-bond donors (Lipinski definition) is 0. The average molecular weight is 287 g/mol. The first-order valence-electron chi connectivity index (χ1n) is 5.85. The van der Waals surface area contributed by atoms with E-state index >= 15 is 0 Å². The zero-order chi connectivity index (χ0) is 15.3. The number of alkyl halides is 3. The maximum atomic E-state index is 12.4. The number of aromatic nitrogens is 1. The minimum absolute atomic E-state index is 0.113. The summed E-state index contributed by atoms with van der Waals surface area (Å²) < 4.78 is 37.3. The van der Waals surface area contributed by atoms with Crippen molar-refractivity contribution in [3.05, 3.63) is 36.5 Å². The van der Waals surface area contributed by atoms with Crippen molar-refractivity contribution in [2.45, 2.75) is 6.18 Å². The molecule has 0 aliphatic rings. The molecule has 0 aromatic carbocycles. The molecule has 0 aliphatic carbocycles. The molecule has 4 nitrogen and oxygen atoms in total. The lowest BCUT2D eigenvalue weighted by Gasteiger charge is -2.22. The Balaban J connectivity index is 2.91. The van der Waals surface area contributed by atoms with Gasteiger partial charge in [-0.15, -0.1) is 6.58 Å². The molecule has 110 valence electrons. The van der Waals surface area contributed by atoms with Gasteiger partial charge in [0.15, 0.2) is 0 Å². The van der Waals surface area contributed by atoms with Crippen molar-refractivity contribution < 1.29 is 18.0 Å². The third-order valence-electron chi connectivity index (χ3n) is 2.46. The molecule has 0 bridgehead atoms. The van der Waals surface area contributed by atoms with Gasteiger partial charge in [0.2, 0.25) is 0 Å². The van der Waals surface area contributed by atoms with Gasteiger partial charge in [-0.1, -0.05) is 6.08 Å². The molecule has 1 amide bonds. The molecule has 0 radical (unpaired) electrons. The number of hydrogen-bond acceptors (Lipinski definition) is 3. The third-order valence-corrected chi connectivity index (χ3v) is 2.46. The lowest BCUT2D eigenvalue weighted by molar-refractivity contribution is -0.139. The first-order valence-corrected chi connectivity index (χ1v) is 5.85. The van der Waals surface area contributed by atoms with Crippen LogP contribution in [0.3, 0.4) is 0 Å². The molecule has 1 rings (SSSR count). The summed E-state index contributed by atoms with van der Waals surface area (Å²) in [7, 11) is 3.55. The number of pyridine rings is 1. The van der Waals surface area contributed by atoms with Crippen LogP contribution >= 0.6 is 0 Å². The van der Waals surface area contributed by atoms with E-state index in [1.807, 2.05) is 0 Å². The Labute approximate surface area is 115 Å². The van der Waals surface area contributed by atoms with Crippen molar-refractivity contribution in [1.29, 1.82) is 0 Å². The zero-order valence-electron chi connectivity index (χ0n) is 11.3. The van der Waals surface area contributed by atoms with Gasteiger partial charge in [0.25, 0.3) is 5.91 Å². The lowest BCUT2D eigenvalue weighted by atomic mass is 10.2. The molecular weight excluding hydrogens is 271 g/mol. The Hall–Kier alpha value is -2.05. The molecule has 0 spiro atoms. The van der Waals surface area contributed by atoms with Crippen molar-refractivity contribution in [3.8, 4) is 0 Å². The summed E-state index contributed by atoms with van der Waals surface area (Å²) in [6.07, 6.45) is -1.93. The predicted octanol–water partition coefficient (Wildman–Crippen LogP) is 2.34. The number of halogens is 3. The number of carbonyl (C=O) groups excluding carboxylic acids is 1. The fourth-order valence-corrected chi connectivity index (χ4v) is 1.55. The van der Waals surface area contributed by atoms with Gasteiger partial charge in [0.1, 0.15) is 12.4 Å².